The summed E-state index contributed by atoms with van der Waals surface area (Å²) in [4.78, 5) is 24.3. The molecule has 8 nitrogen and oxygen atoms in total. The summed E-state index contributed by atoms with van der Waals surface area (Å²) in [6.07, 6.45) is 2.71. The lowest BCUT2D eigenvalue weighted by atomic mass is 10.2. The molecule has 3 aromatic heterocycles. The number of hydrogen-bond donors (Lipinski definition) is 1. The molecule has 1 aromatic carbocycles. The van der Waals surface area contributed by atoms with Gasteiger partial charge in [-0.25, -0.2) is 9.78 Å². The second kappa shape index (κ2) is 6.68. The van der Waals surface area contributed by atoms with Gasteiger partial charge < -0.3 is 19.8 Å². The van der Waals surface area contributed by atoms with Gasteiger partial charge >= 0.3 is 6.03 Å². The highest BCUT2D eigenvalue weighted by molar-refractivity contribution is 7.20. The van der Waals surface area contributed by atoms with E-state index in [4.69, 9.17) is 14.9 Å². The van der Waals surface area contributed by atoms with Crippen molar-refractivity contribution in [3.63, 3.8) is 0 Å². The lowest BCUT2D eigenvalue weighted by Crippen LogP contribution is -2.50. The molecular weight excluding hydrogens is 402 g/mol. The van der Waals surface area contributed by atoms with Crippen molar-refractivity contribution in [1.82, 2.24) is 19.8 Å². The van der Waals surface area contributed by atoms with Crippen molar-refractivity contribution < 1.29 is 13.9 Å². The molecule has 0 radical (unpaired) electrons. The fourth-order valence-corrected chi connectivity index (χ4v) is 5.32. The first-order valence-electron chi connectivity index (χ1n) is 9.84. The van der Waals surface area contributed by atoms with Gasteiger partial charge in [-0.15, -0.1) is 0 Å². The van der Waals surface area contributed by atoms with Crippen LogP contribution in [0.25, 0.3) is 21.3 Å². The predicted octanol–water partition coefficient (Wildman–Crippen LogP) is 3.57. The second-order valence-electron chi connectivity index (χ2n) is 7.78. The lowest BCUT2D eigenvalue weighted by Gasteiger charge is -2.32. The number of benzene rings is 1. The number of piperazine rings is 1. The smallest absolute Gasteiger partial charge is 0.315 e. The van der Waals surface area contributed by atoms with Crippen molar-refractivity contribution in [2.24, 2.45) is 5.73 Å². The Morgan fingerprint density at radius 1 is 1.27 bits per heavy atom. The standard InChI is InChI=1S/C21H19N5O3S/c22-20(27)26-10-13-8-14(26)9-25(13)11-16-7-12-6-15(3-4-17(12)28-16)29-21-24-19-18(30-21)2-1-5-23-19/h1-7,13-14H,8-11H2,(H2,22,27)/t13-,14-/m0/s1. The third-order valence-corrected chi connectivity index (χ3v) is 6.77. The summed E-state index contributed by atoms with van der Waals surface area (Å²) in [6, 6.07) is 12.0. The molecule has 5 heterocycles. The molecule has 152 valence electrons. The van der Waals surface area contributed by atoms with Gasteiger partial charge in [0.05, 0.1) is 11.2 Å². The zero-order valence-corrected chi connectivity index (χ0v) is 16.8. The van der Waals surface area contributed by atoms with Gasteiger partial charge in [0.15, 0.2) is 5.65 Å². The molecule has 2 aliphatic rings. The molecule has 0 spiro atoms. The lowest BCUT2D eigenvalue weighted by molar-refractivity contribution is 0.132. The number of aromatic nitrogens is 2. The Morgan fingerprint density at radius 3 is 3.00 bits per heavy atom. The number of thiazole rings is 1. The summed E-state index contributed by atoms with van der Waals surface area (Å²) >= 11 is 1.47. The number of rotatable bonds is 4. The summed E-state index contributed by atoms with van der Waals surface area (Å²) < 4.78 is 13.0. The van der Waals surface area contributed by atoms with Crippen molar-refractivity contribution in [2.45, 2.75) is 25.0 Å². The predicted molar refractivity (Wildman–Crippen MR) is 113 cm³/mol. The van der Waals surface area contributed by atoms with Gasteiger partial charge in [-0.3, -0.25) is 4.90 Å². The molecule has 0 unspecified atom stereocenters. The van der Waals surface area contributed by atoms with Crippen LogP contribution in [0.15, 0.2) is 47.0 Å². The van der Waals surface area contributed by atoms with Crippen molar-refractivity contribution in [1.29, 1.82) is 0 Å². The van der Waals surface area contributed by atoms with Crippen molar-refractivity contribution in [2.75, 3.05) is 13.1 Å². The van der Waals surface area contributed by atoms with Gasteiger partial charge in [-0.1, -0.05) is 11.3 Å². The molecular formula is C21H19N5O3S. The van der Waals surface area contributed by atoms with E-state index in [2.05, 4.69) is 20.9 Å². The van der Waals surface area contributed by atoms with E-state index in [1.807, 2.05) is 30.3 Å². The number of nitrogens with two attached hydrogens (primary N) is 1. The SMILES string of the molecule is NC(=O)N1C[C@@H]2C[C@H]1CN2Cc1cc2cc(Oc3nc4ncccc4s3)ccc2o1. The number of hydrogen-bond acceptors (Lipinski definition) is 7. The number of furan rings is 1. The van der Waals surface area contributed by atoms with Crippen molar-refractivity contribution in [3.05, 3.63) is 48.4 Å². The maximum Gasteiger partial charge on any atom is 0.315 e. The number of nitrogens with zero attached hydrogens (tertiary/aromatic N) is 4. The van der Waals surface area contributed by atoms with Crippen LogP contribution in [-0.2, 0) is 6.54 Å². The number of amides is 2. The molecule has 2 bridgehead atoms. The molecule has 0 aliphatic carbocycles. The number of pyridine rings is 1. The van der Waals surface area contributed by atoms with Gasteiger partial charge in [-0.05, 0) is 42.8 Å². The summed E-state index contributed by atoms with van der Waals surface area (Å²) in [5, 5.41) is 1.56. The first kappa shape index (κ1) is 17.7. The third-order valence-electron chi connectivity index (χ3n) is 5.89. The van der Waals surface area contributed by atoms with Crippen molar-refractivity contribution >= 4 is 38.7 Å². The number of likely N-dealkylation sites (tertiary alicyclic amines) is 2. The number of carbonyl (C=O) groups is 1. The second-order valence-corrected chi connectivity index (χ2v) is 8.78. The monoisotopic (exact) mass is 421 g/mol. The number of fused-ring (bicyclic) bond motifs is 4. The fraction of sp³-hybridized carbons (Fsp3) is 0.286. The molecule has 2 saturated heterocycles. The van der Waals surface area contributed by atoms with Gasteiger partial charge in [0.2, 0.25) is 0 Å². The van der Waals surface area contributed by atoms with Crippen LogP contribution in [0.2, 0.25) is 0 Å². The van der Waals surface area contributed by atoms with Gasteiger partial charge in [0, 0.05) is 36.8 Å². The minimum absolute atomic E-state index is 0.222. The fourth-order valence-electron chi connectivity index (χ4n) is 4.52. The highest BCUT2D eigenvalue weighted by Gasteiger charge is 2.44. The Morgan fingerprint density at radius 2 is 2.20 bits per heavy atom. The Labute approximate surface area is 175 Å². The molecule has 30 heavy (non-hydrogen) atoms. The maximum atomic E-state index is 11.5. The van der Waals surface area contributed by atoms with E-state index >= 15 is 0 Å². The summed E-state index contributed by atoms with van der Waals surface area (Å²) in [7, 11) is 0. The molecule has 2 atom stereocenters. The van der Waals surface area contributed by atoms with E-state index in [9.17, 15) is 4.79 Å². The summed E-state index contributed by atoms with van der Waals surface area (Å²) in [6.45, 7) is 2.27. The van der Waals surface area contributed by atoms with E-state index in [-0.39, 0.29) is 12.1 Å². The van der Waals surface area contributed by atoms with Crippen LogP contribution in [0.3, 0.4) is 0 Å². The quantitative estimate of drug-likeness (QED) is 0.541. The minimum Gasteiger partial charge on any atom is -0.460 e. The highest BCUT2D eigenvalue weighted by atomic mass is 32.1. The number of urea groups is 1. The molecule has 6 rings (SSSR count). The molecule has 2 amide bonds. The van der Waals surface area contributed by atoms with Crippen LogP contribution in [0, 0.1) is 0 Å². The largest absolute Gasteiger partial charge is 0.460 e. The van der Waals surface area contributed by atoms with E-state index in [0.29, 0.717) is 29.2 Å². The number of carbonyl (C=O) groups excluding carboxylic acids is 1. The summed E-state index contributed by atoms with van der Waals surface area (Å²) in [5.74, 6) is 1.62. The first-order valence-corrected chi connectivity index (χ1v) is 10.7. The van der Waals surface area contributed by atoms with Crippen LogP contribution >= 0.6 is 11.3 Å². The number of ether oxygens (including phenoxy) is 1. The Balaban J connectivity index is 1.19. The van der Waals surface area contributed by atoms with Gasteiger partial charge in [0.1, 0.15) is 17.1 Å². The summed E-state index contributed by atoms with van der Waals surface area (Å²) in [5.41, 5.74) is 6.97. The average Bonchev–Trinajstić information content (AvgIpc) is 3.49. The highest BCUT2D eigenvalue weighted by Crippen LogP contribution is 2.34. The molecule has 2 aliphatic heterocycles. The van der Waals surface area contributed by atoms with E-state index < -0.39 is 0 Å². The molecule has 0 saturated carbocycles. The van der Waals surface area contributed by atoms with E-state index in [1.54, 1.807) is 11.1 Å². The van der Waals surface area contributed by atoms with Crippen LogP contribution in [-0.4, -0.2) is 51.0 Å². The number of primary amides is 1. The van der Waals surface area contributed by atoms with Crippen LogP contribution in [0.5, 0.6) is 10.9 Å². The molecule has 2 fully saturated rings. The van der Waals surface area contributed by atoms with Crippen LogP contribution in [0.1, 0.15) is 12.2 Å². The Bertz CT molecular complexity index is 1230. The third kappa shape index (κ3) is 2.98. The van der Waals surface area contributed by atoms with Crippen molar-refractivity contribution in [3.8, 4) is 10.9 Å². The topological polar surface area (TPSA) is 97.7 Å². The normalized spacial score (nSPS) is 21.1. The van der Waals surface area contributed by atoms with Gasteiger partial charge in [-0.2, -0.15) is 4.98 Å². The van der Waals surface area contributed by atoms with Gasteiger partial charge in [0.25, 0.3) is 5.19 Å². The Hall–Kier alpha value is -3.17. The zero-order valence-electron chi connectivity index (χ0n) is 16.0. The van der Waals surface area contributed by atoms with E-state index in [1.165, 1.54) is 11.3 Å². The first-order chi connectivity index (χ1) is 14.6. The maximum absolute atomic E-state index is 11.5. The van der Waals surface area contributed by atoms with Crippen LogP contribution < -0.4 is 10.5 Å². The zero-order chi connectivity index (χ0) is 20.2. The molecule has 9 heteroatoms. The molecule has 2 N–H and O–H groups in total. The molecule has 4 aromatic rings. The van der Waals surface area contributed by atoms with Crippen LogP contribution in [0.4, 0.5) is 4.79 Å². The van der Waals surface area contributed by atoms with E-state index in [0.717, 1.165) is 40.9 Å². The minimum atomic E-state index is -0.317. The average molecular weight is 421 g/mol. The Kier molecular flexibility index (Phi) is 3.93.